The van der Waals surface area contributed by atoms with E-state index in [1.165, 1.54) is 12.8 Å². The summed E-state index contributed by atoms with van der Waals surface area (Å²) in [4.78, 5) is 10.1. The molecule has 64 valence electrons. The van der Waals surface area contributed by atoms with E-state index in [1.807, 2.05) is 6.08 Å². The van der Waals surface area contributed by atoms with Gasteiger partial charge in [-0.2, -0.15) is 0 Å². The lowest BCUT2D eigenvalue weighted by atomic mass is 10.1. The molecule has 1 unspecified atom stereocenters. The van der Waals surface area contributed by atoms with Crippen LogP contribution in [0.4, 0.5) is 0 Å². The number of nitrogens with one attached hydrogen (secondary N) is 1. The molecule has 0 saturated carbocycles. The van der Waals surface area contributed by atoms with Crippen molar-refractivity contribution in [2.45, 2.75) is 38.6 Å². The standard InChI is InChI=1S/C9H17NO/c1-3-5-7-9(6-4-2)10-8-11/h4,8-9H,2-3,5-7H2,1H3,(H,10,11). The van der Waals surface area contributed by atoms with Gasteiger partial charge < -0.3 is 5.32 Å². The van der Waals surface area contributed by atoms with E-state index in [9.17, 15) is 4.79 Å². The maximum Gasteiger partial charge on any atom is 0.207 e. The summed E-state index contributed by atoms with van der Waals surface area (Å²) < 4.78 is 0. The van der Waals surface area contributed by atoms with Crippen LogP contribution in [-0.2, 0) is 4.79 Å². The molecule has 0 spiro atoms. The Hall–Kier alpha value is -0.790. The molecule has 0 bridgehead atoms. The maximum atomic E-state index is 10.1. The van der Waals surface area contributed by atoms with E-state index in [0.29, 0.717) is 6.04 Å². The predicted octanol–water partition coefficient (Wildman–Crippen LogP) is 1.87. The van der Waals surface area contributed by atoms with Crippen molar-refractivity contribution in [3.63, 3.8) is 0 Å². The van der Waals surface area contributed by atoms with E-state index in [1.54, 1.807) is 0 Å². The summed E-state index contributed by atoms with van der Waals surface area (Å²) in [6.07, 6.45) is 6.88. The van der Waals surface area contributed by atoms with Crippen molar-refractivity contribution in [2.24, 2.45) is 0 Å². The van der Waals surface area contributed by atoms with Crippen LogP contribution >= 0.6 is 0 Å². The monoisotopic (exact) mass is 155 g/mol. The van der Waals surface area contributed by atoms with Crippen LogP contribution in [0.3, 0.4) is 0 Å². The largest absolute Gasteiger partial charge is 0.356 e. The molecule has 0 fully saturated rings. The van der Waals surface area contributed by atoms with Crippen LogP contribution in [0.5, 0.6) is 0 Å². The highest BCUT2D eigenvalue weighted by Gasteiger charge is 2.02. The van der Waals surface area contributed by atoms with Crippen LogP contribution in [0, 0.1) is 0 Å². The Labute approximate surface area is 68.7 Å². The Kier molecular flexibility index (Phi) is 6.79. The summed E-state index contributed by atoms with van der Waals surface area (Å²) in [6.45, 7) is 5.78. The second kappa shape index (κ2) is 7.32. The molecular weight excluding hydrogens is 138 g/mol. The van der Waals surface area contributed by atoms with Crippen LogP contribution in [-0.4, -0.2) is 12.5 Å². The Balaban J connectivity index is 3.49. The lowest BCUT2D eigenvalue weighted by Gasteiger charge is -2.12. The molecule has 11 heavy (non-hydrogen) atoms. The van der Waals surface area contributed by atoms with Gasteiger partial charge in [-0.05, 0) is 12.8 Å². The van der Waals surface area contributed by atoms with E-state index in [0.717, 1.165) is 19.3 Å². The minimum absolute atomic E-state index is 0.296. The van der Waals surface area contributed by atoms with Crippen LogP contribution in [0.2, 0.25) is 0 Å². The highest BCUT2D eigenvalue weighted by Crippen LogP contribution is 2.03. The van der Waals surface area contributed by atoms with Gasteiger partial charge in [-0.25, -0.2) is 0 Å². The second-order valence-electron chi connectivity index (χ2n) is 2.65. The zero-order valence-corrected chi connectivity index (χ0v) is 7.18. The topological polar surface area (TPSA) is 29.1 Å². The average molecular weight is 155 g/mol. The van der Waals surface area contributed by atoms with Crippen LogP contribution in [0.1, 0.15) is 32.6 Å². The van der Waals surface area contributed by atoms with Crippen molar-refractivity contribution in [3.8, 4) is 0 Å². The number of hydrogen-bond donors (Lipinski definition) is 1. The maximum absolute atomic E-state index is 10.1. The lowest BCUT2D eigenvalue weighted by Crippen LogP contribution is -2.26. The predicted molar refractivity (Wildman–Crippen MR) is 47.3 cm³/mol. The summed E-state index contributed by atoms with van der Waals surface area (Å²) in [5.41, 5.74) is 0. The average Bonchev–Trinajstić information content (AvgIpc) is 2.01. The van der Waals surface area contributed by atoms with Crippen molar-refractivity contribution in [1.82, 2.24) is 5.32 Å². The molecule has 0 aliphatic rings. The zero-order valence-electron chi connectivity index (χ0n) is 7.18. The molecule has 0 heterocycles. The third-order valence-corrected chi connectivity index (χ3v) is 1.66. The van der Waals surface area contributed by atoms with Gasteiger partial charge in [0, 0.05) is 6.04 Å². The number of unbranched alkanes of at least 4 members (excludes halogenated alkanes) is 1. The Bertz CT molecular complexity index is 102. The van der Waals surface area contributed by atoms with E-state index >= 15 is 0 Å². The van der Waals surface area contributed by atoms with Gasteiger partial charge in [-0.1, -0.05) is 25.8 Å². The lowest BCUT2D eigenvalue weighted by molar-refractivity contribution is -0.110. The molecule has 0 aliphatic carbocycles. The SMILES string of the molecule is C=CCC(CCCC)NC=O. The van der Waals surface area contributed by atoms with Crippen LogP contribution < -0.4 is 5.32 Å². The number of rotatable bonds is 7. The molecule has 0 aromatic rings. The molecule has 1 N–H and O–H groups in total. The fraction of sp³-hybridized carbons (Fsp3) is 0.667. The first kappa shape index (κ1) is 10.2. The fourth-order valence-corrected chi connectivity index (χ4v) is 1.02. The number of amides is 1. The second-order valence-corrected chi connectivity index (χ2v) is 2.65. The Morgan fingerprint density at radius 3 is 2.82 bits per heavy atom. The van der Waals surface area contributed by atoms with Crippen molar-refractivity contribution >= 4 is 6.41 Å². The third kappa shape index (κ3) is 5.64. The van der Waals surface area contributed by atoms with E-state index in [-0.39, 0.29) is 0 Å². The normalized spacial score (nSPS) is 12.1. The molecule has 0 aliphatic heterocycles. The van der Waals surface area contributed by atoms with Crippen molar-refractivity contribution in [1.29, 1.82) is 0 Å². The van der Waals surface area contributed by atoms with Gasteiger partial charge in [0.1, 0.15) is 0 Å². The summed E-state index contributed by atoms with van der Waals surface area (Å²) in [6, 6.07) is 0.296. The van der Waals surface area contributed by atoms with Crippen molar-refractivity contribution < 1.29 is 4.79 Å². The fourth-order valence-electron chi connectivity index (χ4n) is 1.02. The van der Waals surface area contributed by atoms with Gasteiger partial charge >= 0.3 is 0 Å². The van der Waals surface area contributed by atoms with Gasteiger partial charge in [0.25, 0.3) is 0 Å². The quantitative estimate of drug-likeness (QED) is 0.441. The highest BCUT2D eigenvalue weighted by atomic mass is 16.1. The number of hydrogen-bond acceptors (Lipinski definition) is 1. The zero-order chi connectivity index (χ0) is 8.53. The van der Waals surface area contributed by atoms with E-state index < -0.39 is 0 Å². The molecule has 2 heteroatoms. The summed E-state index contributed by atoms with van der Waals surface area (Å²) in [5.74, 6) is 0. The first-order valence-electron chi connectivity index (χ1n) is 4.15. The molecular formula is C9H17NO. The van der Waals surface area contributed by atoms with E-state index in [2.05, 4.69) is 18.8 Å². The third-order valence-electron chi connectivity index (χ3n) is 1.66. The first-order chi connectivity index (χ1) is 5.35. The summed E-state index contributed by atoms with van der Waals surface area (Å²) >= 11 is 0. The Morgan fingerprint density at radius 2 is 2.36 bits per heavy atom. The van der Waals surface area contributed by atoms with Gasteiger partial charge in [0.05, 0.1) is 0 Å². The van der Waals surface area contributed by atoms with Gasteiger partial charge in [-0.15, -0.1) is 6.58 Å². The van der Waals surface area contributed by atoms with E-state index in [4.69, 9.17) is 0 Å². The molecule has 1 atom stereocenters. The number of carbonyl (C=O) groups excluding carboxylic acids is 1. The Morgan fingerprint density at radius 1 is 1.64 bits per heavy atom. The minimum Gasteiger partial charge on any atom is -0.356 e. The molecule has 0 rings (SSSR count). The molecule has 0 saturated heterocycles. The summed E-state index contributed by atoms with van der Waals surface area (Å²) in [7, 11) is 0. The molecule has 0 radical (unpaired) electrons. The smallest absolute Gasteiger partial charge is 0.207 e. The number of carbonyl (C=O) groups is 1. The molecule has 2 nitrogen and oxygen atoms in total. The van der Waals surface area contributed by atoms with Crippen LogP contribution in [0.15, 0.2) is 12.7 Å². The minimum atomic E-state index is 0.296. The molecule has 0 aromatic carbocycles. The molecule has 1 amide bonds. The first-order valence-corrected chi connectivity index (χ1v) is 4.15. The van der Waals surface area contributed by atoms with Gasteiger partial charge in [0.15, 0.2) is 0 Å². The van der Waals surface area contributed by atoms with Crippen molar-refractivity contribution in [3.05, 3.63) is 12.7 Å². The molecule has 0 aromatic heterocycles. The highest BCUT2D eigenvalue weighted by molar-refractivity contribution is 5.46. The van der Waals surface area contributed by atoms with Crippen LogP contribution in [0.25, 0.3) is 0 Å². The van der Waals surface area contributed by atoms with Gasteiger partial charge in [-0.3, -0.25) is 4.79 Å². The van der Waals surface area contributed by atoms with Crippen molar-refractivity contribution in [2.75, 3.05) is 0 Å². The van der Waals surface area contributed by atoms with Gasteiger partial charge in [0.2, 0.25) is 6.41 Å². The summed E-state index contributed by atoms with van der Waals surface area (Å²) in [5, 5.41) is 2.77.